The number of aromatic nitrogens is 4. The molecule has 0 aliphatic carbocycles. The predicted molar refractivity (Wildman–Crippen MR) is 123 cm³/mol. The largest absolute Gasteiger partial charge is 0.315 e. The summed E-state index contributed by atoms with van der Waals surface area (Å²) in [5.74, 6) is 0. The molecule has 6 nitrogen and oxygen atoms in total. The van der Waals surface area contributed by atoms with Crippen LogP contribution < -0.4 is 5.56 Å². The third-order valence-electron chi connectivity index (χ3n) is 6.09. The summed E-state index contributed by atoms with van der Waals surface area (Å²) < 4.78 is 3.59. The zero-order valence-electron chi connectivity index (χ0n) is 17.7. The van der Waals surface area contributed by atoms with Crippen molar-refractivity contribution in [3.05, 3.63) is 77.6 Å². The fourth-order valence-electron chi connectivity index (χ4n) is 4.36. The fourth-order valence-corrected chi connectivity index (χ4v) is 4.36. The minimum Gasteiger partial charge on any atom is -0.315 e. The van der Waals surface area contributed by atoms with Gasteiger partial charge < -0.3 is 9.47 Å². The van der Waals surface area contributed by atoms with Gasteiger partial charge in [0, 0.05) is 42.3 Å². The van der Waals surface area contributed by atoms with Crippen molar-refractivity contribution >= 4 is 5.65 Å². The topological polar surface area (TPSA) is 55.4 Å². The van der Waals surface area contributed by atoms with E-state index in [0.717, 1.165) is 47.4 Å². The molecular formula is C25H27N5O. The first-order valence-corrected chi connectivity index (χ1v) is 11.1. The van der Waals surface area contributed by atoms with E-state index in [2.05, 4.69) is 27.1 Å². The molecule has 158 valence electrons. The van der Waals surface area contributed by atoms with Gasteiger partial charge >= 0.3 is 0 Å². The van der Waals surface area contributed by atoms with Gasteiger partial charge in [-0.3, -0.25) is 4.79 Å². The Labute approximate surface area is 181 Å². The van der Waals surface area contributed by atoms with Gasteiger partial charge in [-0.1, -0.05) is 36.8 Å². The second-order valence-electron chi connectivity index (χ2n) is 8.24. The van der Waals surface area contributed by atoms with Crippen molar-refractivity contribution in [2.45, 2.75) is 32.2 Å². The maximum absolute atomic E-state index is 12.7. The van der Waals surface area contributed by atoms with Crippen molar-refractivity contribution in [2.75, 3.05) is 19.6 Å². The van der Waals surface area contributed by atoms with Crippen molar-refractivity contribution in [3.63, 3.8) is 0 Å². The molecule has 4 aromatic rings. The second kappa shape index (κ2) is 8.86. The normalized spacial score (nSPS) is 14.8. The van der Waals surface area contributed by atoms with Crippen LogP contribution in [-0.4, -0.2) is 43.7 Å². The summed E-state index contributed by atoms with van der Waals surface area (Å²) in [5, 5.41) is 4.47. The molecule has 4 heterocycles. The summed E-state index contributed by atoms with van der Waals surface area (Å²) in [6, 6.07) is 13.8. The summed E-state index contributed by atoms with van der Waals surface area (Å²) in [4.78, 5) is 19.8. The van der Waals surface area contributed by atoms with Gasteiger partial charge in [0.05, 0.1) is 6.20 Å². The van der Waals surface area contributed by atoms with Crippen molar-refractivity contribution in [2.24, 2.45) is 0 Å². The number of pyridine rings is 1. The molecular weight excluding hydrogens is 386 g/mol. The molecule has 1 aliphatic rings. The molecule has 0 spiro atoms. The average molecular weight is 414 g/mol. The highest BCUT2D eigenvalue weighted by molar-refractivity contribution is 5.77. The number of likely N-dealkylation sites (tertiary alicyclic amines) is 1. The third-order valence-corrected chi connectivity index (χ3v) is 6.09. The van der Waals surface area contributed by atoms with E-state index in [1.165, 1.54) is 32.4 Å². The van der Waals surface area contributed by atoms with Crippen molar-refractivity contribution in [3.8, 4) is 22.3 Å². The summed E-state index contributed by atoms with van der Waals surface area (Å²) in [5.41, 5.74) is 4.67. The molecule has 0 atom stereocenters. The average Bonchev–Trinajstić information content (AvgIpc) is 3.25. The molecule has 6 heteroatoms. The Balaban J connectivity index is 1.32. The van der Waals surface area contributed by atoms with Crippen LogP contribution >= 0.6 is 0 Å². The quantitative estimate of drug-likeness (QED) is 0.478. The highest BCUT2D eigenvalue weighted by Crippen LogP contribution is 2.24. The highest BCUT2D eigenvalue weighted by Gasteiger charge is 2.11. The maximum atomic E-state index is 12.7. The van der Waals surface area contributed by atoms with Crippen LogP contribution in [-0.2, 0) is 6.54 Å². The first-order valence-electron chi connectivity index (χ1n) is 11.1. The van der Waals surface area contributed by atoms with Gasteiger partial charge in [-0.15, -0.1) is 0 Å². The van der Waals surface area contributed by atoms with Crippen LogP contribution in [0.2, 0.25) is 0 Å². The number of hydrogen-bond acceptors (Lipinski definition) is 4. The Morgan fingerprint density at radius 2 is 1.71 bits per heavy atom. The third kappa shape index (κ3) is 4.30. The van der Waals surface area contributed by atoms with Gasteiger partial charge in [-0.25, -0.2) is 9.50 Å². The van der Waals surface area contributed by atoms with Crippen LogP contribution in [0, 0.1) is 0 Å². The SMILES string of the molecule is O=c1cc(-c2cnc3c(-c4ccccc4)cnn3c2)ccn1CCCN1CCCCC1. The highest BCUT2D eigenvalue weighted by atomic mass is 16.1. The van der Waals surface area contributed by atoms with Crippen LogP contribution in [0.4, 0.5) is 0 Å². The fraction of sp³-hybridized carbons (Fsp3) is 0.320. The van der Waals surface area contributed by atoms with E-state index >= 15 is 0 Å². The van der Waals surface area contributed by atoms with Crippen molar-refractivity contribution in [1.29, 1.82) is 0 Å². The Hall–Kier alpha value is -3.25. The molecule has 1 aromatic carbocycles. The molecule has 0 amide bonds. The molecule has 1 aliphatic heterocycles. The lowest BCUT2D eigenvalue weighted by atomic mass is 10.1. The summed E-state index contributed by atoms with van der Waals surface area (Å²) >= 11 is 0. The molecule has 1 saturated heterocycles. The van der Waals surface area contributed by atoms with Gasteiger partial charge in [-0.05, 0) is 56.1 Å². The Morgan fingerprint density at radius 1 is 0.871 bits per heavy atom. The molecule has 31 heavy (non-hydrogen) atoms. The van der Waals surface area contributed by atoms with E-state index in [1.54, 1.807) is 15.1 Å². The first kappa shape index (κ1) is 19.7. The standard InChI is InChI=1S/C25H27N5O/c31-24-16-21(10-15-29(24)14-7-13-28-11-5-2-6-12-28)22-17-26-25-23(18-27-30(25)19-22)20-8-3-1-4-9-20/h1,3-4,8-10,15-19H,2,5-7,11-14H2. The Bertz CT molecular complexity index is 1220. The van der Waals surface area contributed by atoms with Crippen molar-refractivity contribution < 1.29 is 0 Å². The number of nitrogens with zero attached hydrogens (tertiary/aromatic N) is 5. The second-order valence-corrected chi connectivity index (χ2v) is 8.24. The number of rotatable bonds is 6. The zero-order chi connectivity index (χ0) is 21.0. The number of benzene rings is 1. The summed E-state index contributed by atoms with van der Waals surface area (Å²) in [7, 11) is 0. The van der Waals surface area contributed by atoms with Crippen molar-refractivity contribution in [1.82, 2.24) is 24.1 Å². The van der Waals surface area contributed by atoms with Gasteiger partial charge in [0.2, 0.25) is 0 Å². The molecule has 0 N–H and O–H groups in total. The van der Waals surface area contributed by atoms with Crippen LogP contribution in [0.1, 0.15) is 25.7 Å². The molecule has 1 fully saturated rings. The summed E-state index contributed by atoms with van der Waals surface area (Å²) in [6.07, 6.45) is 12.4. The summed E-state index contributed by atoms with van der Waals surface area (Å²) in [6.45, 7) is 4.22. The zero-order valence-corrected chi connectivity index (χ0v) is 17.7. The Kier molecular flexibility index (Phi) is 5.63. The van der Waals surface area contributed by atoms with E-state index < -0.39 is 0 Å². The predicted octanol–water partition coefficient (Wildman–Crippen LogP) is 4.10. The maximum Gasteiger partial charge on any atom is 0.251 e. The number of fused-ring (bicyclic) bond motifs is 1. The first-order chi connectivity index (χ1) is 15.3. The van der Waals surface area contributed by atoms with Gasteiger partial charge in [-0.2, -0.15) is 5.10 Å². The molecule has 0 unspecified atom stereocenters. The van der Waals surface area contributed by atoms with E-state index in [0.29, 0.717) is 0 Å². The number of piperidine rings is 1. The lowest BCUT2D eigenvalue weighted by Crippen LogP contribution is -2.31. The Morgan fingerprint density at radius 3 is 2.52 bits per heavy atom. The molecule has 0 radical (unpaired) electrons. The minimum absolute atomic E-state index is 0.0293. The molecule has 3 aromatic heterocycles. The lowest BCUT2D eigenvalue weighted by molar-refractivity contribution is 0.222. The van der Waals surface area contributed by atoms with E-state index in [1.807, 2.05) is 49.1 Å². The van der Waals surface area contributed by atoms with E-state index in [9.17, 15) is 4.79 Å². The van der Waals surface area contributed by atoms with Gasteiger partial charge in [0.1, 0.15) is 0 Å². The van der Waals surface area contributed by atoms with Crippen LogP contribution in [0.5, 0.6) is 0 Å². The van der Waals surface area contributed by atoms with Crippen LogP contribution in [0.3, 0.4) is 0 Å². The van der Waals surface area contributed by atoms with Crippen LogP contribution in [0.25, 0.3) is 27.9 Å². The molecule has 0 saturated carbocycles. The smallest absolute Gasteiger partial charge is 0.251 e. The van der Waals surface area contributed by atoms with Gasteiger partial charge in [0.15, 0.2) is 5.65 Å². The van der Waals surface area contributed by atoms with E-state index in [4.69, 9.17) is 0 Å². The number of hydrogen-bond donors (Lipinski definition) is 0. The number of aryl methyl sites for hydroxylation is 1. The van der Waals surface area contributed by atoms with E-state index in [-0.39, 0.29) is 5.56 Å². The molecule has 5 rings (SSSR count). The monoisotopic (exact) mass is 413 g/mol. The lowest BCUT2D eigenvalue weighted by Gasteiger charge is -2.26. The van der Waals surface area contributed by atoms with Gasteiger partial charge in [0.25, 0.3) is 5.56 Å². The molecule has 0 bridgehead atoms. The minimum atomic E-state index is 0.0293. The van der Waals surface area contributed by atoms with Crippen LogP contribution in [0.15, 0.2) is 72.0 Å².